The van der Waals surface area contributed by atoms with E-state index in [1.165, 1.54) is 12.1 Å². The Hall–Kier alpha value is -2.62. The molecule has 0 aliphatic rings. The van der Waals surface area contributed by atoms with Crippen LogP contribution in [0, 0.1) is 5.82 Å². The number of hydrogen-bond donors (Lipinski definition) is 1. The standard InChI is InChI=1S/C16H13FN2O/c17-12-2-8-16-11(9-12)1-5-14(19-16)10-20-15-6-3-13(18)4-7-15/h1-9H,10,18H2. The monoisotopic (exact) mass is 268 g/mol. The van der Waals surface area contributed by atoms with Crippen molar-refractivity contribution in [3.63, 3.8) is 0 Å². The summed E-state index contributed by atoms with van der Waals surface area (Å²) in [5, 5.41) is 0.779. The van der Waals surface area contributed by atoms with Gasteiger partial charge in [-0.15, -0.1) is 0 Å². The average Bonchev–Trinajstić information content (AvgIpc) is 2.46. The lowest BCUT2D eigenvalue weighted by molar-refractivity contribution is 0.302. The second kappa shape index (κ2) is 5.17. The minimum absolute atomic E-state index is 0.259. The van der Waals surface area contributed by atoms with Gasteiger partial charge in [-0.3, -0.25) is 0 Å². The molecule has 0 unspecified atom stereocenters. The lowest BCUT2D eigenvalue weighted by Gasteiger charge is -2.07. The quantitative estimate of drug-likeness (QED) is 0.739. The Balaban J connectivity index is 1.77. The zero-order chi connectivity index (χ0) is 13.9. The Morgan fingerprint density at radius 2 is 1.80 bits per heavy atom. The van der Waals surface area contributed by atoms with Crippen LogP contribution >= 0.6 is 0 Å². The number of hydrogen-bond acceptors (Lipinski definition) is 3. The third kappa shape index (κ3) is 2.69. The summed E-state index contributed by atoms with van der Waals surface area (Å²) >= 11 is 0. The molecule has 3 rings (SSSR count). The van der Waals surface area contributed by atoms with E-state index in [9.17, 15) is 4.39 Å². The van der Waals surface area contributed by atoms with Crippen LogP contribution in [0.4, 0.5) is 10.1 Å². The van der Waals surface area contributed by atoms with E-state index in [-0.39, 0.29) is 5.82 Å². The van der Waals surface area contributed by atoms with Crippen LogP contribution < -0.4 is 10.5 Å². The van der Waals surface area contributed by atoms with Crippen molar-refractivity contribution in [2.75, 3.05) is 5.73 Å². The summed E-state index contributed by atoms with van der Waals surface area (Å²) in [6.07, 6.45) is 0. The summed E-state index contributed by atoms with van der Waals surface area (Å²) in [5.74, 6) is 0.477. The van der Waals surface area contributed by atoms with Crippen LogP contribution in [0.2, 0.25) is 0 Å². The van der Waals surface area contributed by atoms with E-state index >= 15 is 0 Å². The SMILES string of the molecule is Nc1ccc(OCc2ccc3cc(F)ccc3n2)cc1. The van der Waals surface area contributed by atoms with Crippen molar-refractivity contribution in [2.45, 2.75) is 6.61 Å². The highest BCUT2D eigenvalue weighted by Crippen LogP contribution is 2.17. The highest BCUT2D eigenvalue weighted by atomic mass is 19.1. The maximum Gasteiger partial charge on any atom is 0.130 e. The largest absolute Gasteiger partial charge is 0.487 e. The van der Waals surface area contributed by atoms with Gasteiger partial charge in [0.1, 0.15) is 18.2 Å². The van der Waals surface area contributed by atoms with Crippen LogP contribution in [0.5, 0.6) is 5.75 Å². The molecular weight excluding hydrogens is 255 g/mol. The number of fused-ring (bicyclic) bond motifs is 1. The average molecular weight is 268 g/mol. The number of pyridine rings is 1. The first-order valence-corrected chi connectivity index (χ1v) is 6.24. The van der Waals surface area contributed by atoms with Gasteiger partial charge in [0.25, 0.3) is 0 Å². The number of nitrogens with zero attached hydrogens (tertiary/aromatic N) is 1. The highest BCUT2D eigenvalue weighted by Gasteiger charge is 2.01. The molecule has 3 aromatic rings. The minimum atomic E-state index is -0.259. The van der Waals surface area contributed by atoms with E-state index in [0.717, 1.165) is 22.3 Å². The molecule has 1 heterocycles. The second-order valence-corrected chi connectivity index (χ2v) is 4.50. The van der Waals surface area contributed by atoms with Crippen molar-refractivity contribution in [3.8, 4) is 5.75 Å². The zero-order valence-corrected chi connectivity index (χ0v) is 10.7. The summed E-state index contributed by atoms with van der Waals surface area (Å²) in [7, 11) is 0. The Morgan fingerprint density at radius 3 is 2.60 bits per heavy atom. The molecule has 4 heteroatoms. The van der Waals surface area contributed by atoms with Crippen LogP contribution in [-0.2, 0) is 6.61 Å². The first-order chi connectivity index (χ1) is 9.70. The Labute approximate surface area is 115 Å². The molecule has 20 heavy (non-hydrogen) atoms. The smallest absolute Gasteiger partial charge is 0.130 e. The van der Waals surface area contributed by atoms with Crippen LogP contribution in [-0.4, -0.2) is 4.98 Å². The van der Waals surface area contributed by atoms with Crippen LogP contribution in [0.25, 0.3) is 10.9 Å². The third-order valence-electron chi connectivity index (χ3n) is 2.98. The normalized spacial score (nSPS) is 10.7. The van der Waals surface area contributed by atoms with Gasteiger partial charge in [0.2, 0.25) is 0 Å². The number of ether oxygens (including phenoxy) is 1. The minimum Gasteiger partial charge on any atom is -0.487 e. The molecule has 3 nitrogen and oxygen atoms in total. The predicted molar refractivity (Wildman–Crippen MR) is 76.9 cm³/mol. The van der Waals surface area contributed by atoms with Crippen molar-refractivity contribution in [1.29, 1.82) is 0 Å². The Kier molecular flexibility index (Phi) is 3.21. The van der Waals surface area contributed by atoms with Gasteiger partial charge in [-0.2, -0.15) is 0 Å². The van der Waals surface area contributed by atoms with Gasteiger partial charge < -0.3 is 10.5 Å². The van der Waals surface area contributed by atoms with Gasteiger partial charge in [0.15, 0.2) is 0 Å². The molecule has 0 aliphatic carbocycles. The molecule has 0 amide bonds. The number of nitrogen functional groups attached to an aromatic ring is 1. The molecule has 2 N–H and O–H groups in total. The summed E-state index contributed by atoms with van der Waals surface area (Å²) < 4.78 is 18.7. The van der Waals surface area contributed by atoms with Gasteiger partial charge >= 0.3 is 0 Å². The van der Waals surface area contributed by atoms with Crippen molar-refractivity contribution >= 4 is 16.6 Å². The molecule has 0 aliphatic heterocycles. The first kappa shape index (κ1) is 12.4. The molecule has 2 aromatic carbocycles. The predicted octanol–water partition coefficient (Wildman–Crippen LogP) is 3.54. The van der Waals surface area contributed by atoms with Crippen molar-refractivity contribution in [1.82, 2.24) is 4.98 Å². The maximum absolute atomic E-state index is 13.1. The molecule has 0 atom stereocenters. The lowest BCUT2D eigenvalue weighted by atomic mass is 10.2. The van der Waals surface area contributed by atoms with Crippen molar-refractivity contribution < 1.29 is 9.13 Å². The van der Waals surface area contributed by atoms with E-state index in [1.54, 1.807) is 18.2 Å². The third-order valence-corrected chi connectivity index (χ3v) is 2.98. The topological polar surface area (TPSA) is 48.1 Å². The number of benzene rings is 2. The Morgan fingerprint density at radius 1 is 1.00 bits per heavy atom. The first-order valence-electron chi connectivity index (χ1n) is 6.24. The number of anilines is 1. The van der Waals surface area contributed by atoms with Gasteiger partial charge in [0.05, 0.1) is 11.2 Å². The molecule has 1 aromatic heterocycles. The fourth-order valence-corrected chi connectivity index (χ4v) is 1.94. The van der Waals surface area contributed by atoms with Crippen LogP contribution in [0.3, 0.4) is 0 Å². The van der Waals surface area contributed by atoms with Gasteiger partial charge in [-0.1, -0.05) is 6.07 Å². The van der Waals surface area contributed by atoms with Gasteiger partial charge in [-0.05, 0) is 48.5 Å². The lowest BCUT2D eigenvalue weighted by Crippen LogP contribution is -1.98. The number of nitrogens with two attached hydrogens (primary N) is 1. The zero-order valence-electron chi connectivity index (χ0n) is 10.7. The molecule has 0 fully saturated rings. The molecule has 0 saturated carbocycles. The molecule has 100 valence electrons. The number of aromatic nitrogens is 1. The molecule has 0 radical (unpaired) electrons. The summed E-state index contributed by atoms with van der Waals surface area (Å²) in [5.41, 5.74) is 7.85. The molecular formula is C16H13FN2O. The summed E-state index contributed by atoms with van der Waals surface area (Å²) in [6.45, 7) is 0.358. The van der Waals surface area contributed by atoms with E-state index in [0.29, 0.717) is 12.3 Å². The van der Waals surface area contributed by atoms with Crippen LogP contribution in [0.1, 0.15) is 5.69 Å². The van der Waals surface area contributed by atoms with E-state index < -0.39 is 0 Å². The van der Waals surface area contributed by atoms with E-state index in [4.69, 9.17) is 10.5 Å². The van der Waals surface area contributed by atoms with Gasteiger partial charge in [-0.25, -0.2) is 9.37 Å². The van der Waals surface area contributed by atoms with E-state index in [1.807, 2.05) is 24.3 Å². The molecule has 0 spiro atoms. The maximum atomic E-state index is 13.1. The summed E-state index contributed by atoms with van der Waals surface area (Å²) in [4.78, 5) is 4.43. The Bertz CT molecular complexity index is 741. The van der Waals surface area contributed by atoms with E-state index in [2.05, 4.69) is 4.98 Å². The number of halogens is 1. The fraction of sp³-hybridized carbons (Fsp3) is 0.0625. The second-order valence-electron chi connectivity index (χ2n) is 4.50. The molecule has 0 saturated heterocycles. The summed E-state index contributed by atoms with van der Waals surface area (Å²) in [6, 6.07) is 15.4. The highest BCUT2D eigenvalue weighted by molar-refractivity contribution is 5.78. The number of rotatable bonds is 3. The van der Waals surface area contributed by atoms with Crippen LogP contribution in [0.15, 0.2) is 54.6 Å². The fourth-order valence-electron chi connectivity index (χ4n) is 1.94. The molecule has 0 bridgehead atoms. The van der Waals surface area contributed by atoms with Crippen molar-refractivity contribution in [2.24, 2.45) is 0 Å². The van der Waals surface area contributed by atoms with Crippen molar-refractivity contribution in [3.05, 3.63) is 66.1 Å². The van der Waals surface area contributed by atoms with Gasteiger partial charge in [0, 0.05) is 11.1 Å².